The number of nitrogens with two attached hydrogens (primary N) is 1. The van der Waals surface area contributed by atoms with Gasteiger partial charge in [-0.05, 0) is 25.5 Å². The average molecular weight is 334 g/mol. The first-order valence-electron chi connectivity index (χ1n) is 6.03. The van der Waals surface area contributed by atoms with Crippen LogP contribution in [-0.2, 0) is 13.5 Å². The van der Waals surface area contributed by atoms with Crippen LogP contribution in [0.5, 0.6) is 0 Å². The molecule has 0 fully saturated rings. The first-order valence-corrected chi connectivity index (χ1v) is 7.17. The van der Waals surface area contributed by atoms with E-state index >= 15 is 0 Å². The van der Waals surface area contributed by atoms with E-state index in [9.17, 15) is 0 Å². The largest absolute Gasteiger partial charge is 0.271 e. The van der Waals surface area contributed by atoms with Gasteiger partial charge in [0.05, 0.1) is 11.7 Å². The first kappa shape index (κ1) is 15.6. The van der Waals surface area contributed by atoms with Crippen molar-refractivity contribution in [2.24, 2.45) is 12.9 Å². The lowest BCUT2D eigenvalue weighted by Crippen LogP contribution is -2.30. The van der Waals surface area contributed by atoms with Gasteiger partial charge in [-0.25, -0.2) is 0 Å². The standard InChI is InChI=1S/C13H15Cl3N4/c1-7-8(13(16)20(2)19-7)6-11(18-17)12-9(14)4-3-5-10(12)15/h3-5,11,18H,6,17H2,1-2H3. The Labute approximate surface area is 132 Å². The van der Waals surface area contributed by atoms with Crippen LogP contribution in [0.3, 0.4) is 0 Å². The van der Waals surface area contributed by atoms with Crippen LogP contribution >= 0.6 is 34.8 Å². The number of nitrogens with one attached hydrogen (secondary N) is 1. The maximum Gasteiger partial charge on any atom is 0.130 e. The fraction of sp³-hybridized carbons (Fsp3) is 0.308. The van der Waals surface area contributed by atoms with Gasteiger partial charge in [-0.1, -0.05) is 40.9 Å². The summed E-state index contributed by atoms with van der Waals surface area (Å²) in [5, 5.41) is 6.01. The second kappa shape index (κ2) is 6.33. The smallest absolute Gasteiger partial charge is 0.130 e. The SMILES string of the molecule is Cc1nn(C)c(Cl)c1CC(NN)c1c(Cl)cccc1Cl. The molecule has 1 heterocycles. The number of nitrogens with zero attached hydrogens (tertiary/aromatic N) is 2. The Morgan fingerprint density at radius 3 is 2.35 bits per heavy atom. The van der Waals surface area contributed by atoms with Gasteiger partial charge in [0.1, 0.15) is 5.15 Å². The van der Waals surface area contributed by atoms with Crippen molar-refractivity contribution < 1.29 is 0 Å². The van der Waals surface area contributed by atoms with Gasteiger partial charge in [0.15, 0.2) is 0 Å². The molecule has 0 saturated heterocycles. The third kappa shape index (κ3) is 2.95. The molecule has 1 aromatic heterocycles. The van der Waals surface area contributed by atoms with Crippen LogP contribution in [0.25, 0.3) is 0 Å². The van der Waals surface area contributed by atoms with Crippen LogP contribution in [0.2, 0.25) is 15.2 Å². The highest BCUT2D eigenvalue weighted by Crippen LogP contribution is 2.33. The van der Waals surface area contributed by atoms with E-state index in [4.69, 9.17) is 40.6 Å². The summed E-state index contributed by atoms with van der Waals surface area (Å²) in [5.74, 6) is 5.66. The van der Waals surface area contributed by atoms with Crippen LogP contribution in [0, 0.1) is 6.92 Å². The Bertz CT molecular complexity index is 604. The van der Waals surface area contributed by atoms with E-state index in [1.165, 1.54) is 0 Å². The second-order valence-electron chi connectivity index (χ2n) is 4.54. The molecule has 0 radical (unpaired) electrons. The van der Waals surface area contributed by atoms with E-state index < -0.39 is 0 Å². The van der Waals surface area contributed by atoms with Gasteiger partial charge in [-0.3, -0.25) is 16.0 Å². The number of halogens is 3. The van der Waals surface area contributed by atoms with Gasteiger partial charge in [0, 0.05) is 28.2 Å². The molecule has 0 bridgehead atoms. The normalized spacial score (nSPS) is 12.7. The molecular weight excluding hydrogens is 319 g/mol. The monoisotopic (exact) mass is 332 g/mol. The highest BCUT2D eigenvalue weighted by molar-refractivity contribution is 6.36. The molecule has 20 heavy (non-hydrogen) atoms. The molecule has 0 aliphatic heterocycles. The summed E-state index contributed by atoms with van der Waals surface area (Å²) in [4.78, 5) is 0. The highest BCUT2D eigenvalue weighted by atomic mass is 35.5. The molecule has 7 heteroatoms. The quantitative estimate of drug-likeness (QED) is 0.665. The Hall–Kier alpha value is -0.780. The van der Waals surface area contributed by atoms with Crippen molar-refractivity contribution in [3.63, 3.8) is 0 Å². The van der Waals surface area contributed by atoms with Crippen molar-refractivity contribution in [3.05, 3.63) is 50.2 Å². The van der Waals surface area contributed by atoms with Crippen molar-refractivity contribution >= 4 is 34.8 Å². The zero-order valence-electron chi connectivity index (χ0n) is 11.1. The third-order valence-corrected chi connectivity index (χ3v) is 4.36. The zero-order chi connectivity index (χ0) is 14.9. The Kier molecular flexibility index (Phi) is 4.94. The lowest BCUT2D eigenvalue weighted by molar-refractivity contribution is 0.551. The van der Waals surface area contributed by atoms with E-state index in [1.807, 2.05) is 6.92 Å². The van der Waals surface area contributed by atoms with Gasteiger partial charge in [0.2, 0.25) is 0 Å². The molecule has 108 valence electrons. The summed E-state index contributed by atoms with van der Waals surface area (Å²) in [5.41, 5.74) is 5.30. The molecule has 0 saturated carbocycles. The zero-order valence-corrected chi connectivity index (χ0v) is 13.4. The number of aromatic nitrogens is 2. The van der Waals surface area contributed by atoms with Gasteiger partial charge in [-0.15, -0.1) is 0 Å². The minimum Gasteiger partial charge on any atom is -0.271 e. The third-order valence-electron chi connectivity index (χ3n) is 3.23. The van der Waals surface area contributed by atoms with Crippen LogP contribution < -0.4 is 11.3 Å². The molecule has 0 amide bonds. The molecule has 1 aromatic carbocycles. The van der Waals surface area contributed by atoms with Gasteiger partial charge >= 0.3 is 0 Å². The minimum atomic E-state index is -0.239. The van der Waals surface area contributed by atoms with Crippen LogP contribution in [0.1, 0.15) is 22.9 Å². The van der Waals surface area contributed by atoms with Crippen molar-refractivity contribution in [2.45, 2.75) is 19.4 Å². The summed E-state index contributed by atoms with van der Waals surface area (Å²) in [6.45, 7) is 1.91. The van der Waals surface area contributed by atoms with Crippen molar-refractivity contribution in [1.82, 2.24) is 15.2 Å². The number of hydrazine groups is 1. The molecule has 3 N–H and O–H groups in total. The fourth-order valence-electron chi connectivity index (χ4n) is 2.20. The fourth-order valence-corrected chi connectivity index (χ4v) is 3.11. The number of hydrogen-bond donors (Lipinski definition) is 2. The number of rotatable bonds is 4. The predicted octanol–water partition coefficient (Wildman–Crippen LogP) is 3.44. The lowest BCUT2D eigenvalue weighted by atomic mass is 9.99. The predicted molar refractivity (Wildman–Crippen MR) is 83.2 cm³/mol. The van der Waals surface area contributed by atoms with E-state index in [1.54, 1.807) is 29.9 Å². The maximum atomic E-state index is 6.25. The van der Waals surface area contributed by atoms with Gasteiger partial charge in [-0.2, -0.15) is 5.10 Å². The summed E-state index contributed by atoms with van der Waals surface area (Å²) in [6, 6.07) is 5.12. The molecule has 0 aliphatic rings. The van der Waals surface area contributed by atoms with Crippen LogP contribution in [0.15, 0.2) is 18.2 Å². The molecule has 2 aromatic rings. The topological polar surface area (TPSA) is 55.9 Å². The van der Waals surface area contributed by atoms with Crippen molar-refractivity contribution in [2.75, 3.05) is 0 Å². The summed E-state index contributed by atoms with van der Waals surface area (Å²) in [7, 11) is 1.80. The maximum absolute atomic E-state index is 6.25. The number of hydrogen-bond acceptors (Lipinski definition) is 3. The van der Waals surface area contributed by atoms with E-state index in [0.29, 0.717) is 21.6 Å². The van der Waals surface area contributed by atoms with Gasteiger partial charge in [0.25, 0.3) is 0 Å². The molecule has 1 unspecified atom stereocenters. The number of benzene rings is 1. The molecule has 4 nitrogen and oxygen atoms in total. The van der Waals surface area contributed by atoms with E-state index in [0.717, 1.165) is 16.8 Å². The van der Waals surface area contributed by atoms with Gasteiger partial charge < -0.3 is 0 Å². The molecule has 2 rings (SSSR count). The Balaban J connectivity index is 2.39. The number of aryl methyl sites for hydroxylation is 2. The Morgan fingerprint density at radius 1 is 1.30 bits per heavy atom. The van der Waals surface area contributed by atoms with Crippen LogP contribution in [-0.4, -0.2) is 9.78 Å². The average Bonchev–Trinajstić information content (AvgIpc) is 2.63. The molecule has 1 atom stereocenters. The minimum absolute atomic E-state index is 0.239. The van der Waals surface area contributed by atoms with Crippen molar-refractivity contribution in [3.8, 4) is 0 Å². The molecule has 0 spiro atoms. The molecular formula is C13H15Cl3N4. The Morgan fingerprint density at radius 2 is 1.90 bits per heavy atom. The summed E-state index contributed by atoms with van der Waals surface area (Å²) in [6.07, 6.45) is 0.554. The summed E-state index contributed by atoms with van der Waals surface area (Å²) < 4.78 is 1.63. The lowest BCUT2D eigenvalue weighted by Gasteiger charge is -2.19. The van der Waals surface area contributed by atoms with E-state index in [-0.39, 0.29) is 6.04 Å². The second-order valence-corrected chi connectivity index (χ2v) is 5.71. The van der Waals surface area contributed by atoms with Crippen molar-refractivity contribution in [1.29, 1.82) is 0 Å². The first-order chi connectivity index (χ1) is 9.45. The molecule has 0 aliphatic carbocycles. The summed E-state index contributed by atoms with van der Waals surface area (Å²) >= 11 is 18.7. The van der Waals surface area contributed by atoms with E-state index in [2.05, 4.69) is 10.5 Å². The van der Waals surface area contributed by atoms with Crippen LogP contribution in [0.4, 0.5) is 0 Å². The highest BCUT2D eigenvalue weighted by Gasteiger charge is 2.21.